The van der Waals surface area contributed by atoms with E-state index in [1.165, 1.54) is 0 Å². The number of carboxylic acid groups (broad SMARTS) is 1. The minimum absolute atomic E-state index is 0.00662. The van der Waals surface area contributed by atoms with Gasteiger partial charge in [-0.3, -0.25) is 9.59 Å². The smallest absolute Gasteiger partial charge is 0.303 e. The second-order valence-electron chi connectivity index (χ2n) is 8.08. The summed E-state index contributed by atoms with van der Waals surface area (Å²) in [4.78, 5) is 23.7. The third-order valence-corrected chi connectivity index (χ3v) is 7.21. The van der Waals surface area contributed by atoms with E-state index in [-0.39, 0.29) is 30.5 Å². The Hall–Kier alpha value is -1.79. The Morgan fingerprint density at radius 3 is 2.69 bits per heavy atom. The molecule has 2 N–H and O–H groups in total. The number of ketones is 1. The molecule has 0 spiro atoms. The molecule has 2 aromatic rings. The van der Waals surface area contributed by atoms with E-state index >= 15 is 0 Å². The highest BCUT2D eigenvalue weighted by Crippen LogP contribution is 2.40. The molecule has 29 heavy (non-hydrogen) atoms. The van der Waals surface area contributed by atoms with Crippen LogP contribution in [-0.4, -0.2) is 28.1 Å². The van der Waals surface area contributed by atoms with Crippen LogP contribution in [0.3, 0.4) is 0 Å². The number of halogens is 1. The highest BCUT2D eigenvalue weighted by molar-refractivity contribution is 7.19. The van der Waals surface area contributed by atoms with Gasteiger partial charge in [-0.05, 0) is 43.2 Å². The van der Waals surface area contributed by atoms with Gasteiger partial charge in [0.25, 0.3) is 0 Å². The standard InChI is InChI=1S/C23H29FO4S/c24-18-14-20(26)17(16(18)8-3-1-2-4-10-23(27)28)11-12-19(25)22-13-15-7-5-6-9-21(15)29-22/h5-7,9,13,16-19,25H,1-4,8,10-12,14H2,(H,27,28). The van der Waals surface area contributed by atoms with Crippen LogP contribution < -0.4 is 0 Å². The average molecular weight is 421 g/mol. The summed E-state index contributed by atoms with van der Waals surface area (Å²) in [5.74, 6) is -1.38. The molecule has 0 amide bonds. The van der Waals surface area contributed by atoms with E-state index < -0.39 is 18.2 Å². The van der Waals surface area contributed by atoms with E-state index in [2.05, 4.69) is 0 Å². The van der Waals surface area contributed by atoms with Crippen LogP contribution in [0.4, 0.5) is 4.39 Å². The molecule has 1 aliphatic carbocycles. The zero-order valence-electron chi connectivity index (χ0n) is 16.6. The number of aliphatic carboxylic acids is 1. The monoisotopic (exact) mass is 420 g/mol. The molecule has 4 unspecified atom stereocenters. The Morgan fingerprint density at radius 2 is 1.93 bits per heavy atom. The van der Waals surface area contributed by atoms with Crippen molar-refractivity contribution in [3.05, 3.63) is 35.2 Å². The van der Waals surface area contributed by atoms with Crippen LogP contribution in [0.2, 0.25) is 0 Å². The van der Waals surface area contributed by atoms with E-state index in [0.29, 0.717) is 25.7 Å². The van der Waals surface area contributed by atoms with Crippen molar-refractivity contribution in [2.75, 3.05) is 0 Å². The Bertz CT molecular complexity index is 800. The Labute approximate surface area is 174 Å². The van der Waals surface area contributed by atoms with E-state index in [9.17, 15) is 19.1 Å². The van der Waals surface area contributed by atoms with Gasteiger partial charge in [0.1, 0.15) is 12.0 Å². The fraction of sp³-hybridized carbons (Fsp3) is 0.565. The van der Waals surface area contributed by atoms with E-state index in [1.807, 2.05) is 30.3 Å². The molecular weight excluding hydrogens is 391 g/mol. The fourth-order valence-corrected chi connectivity index (χ4v) is 5.48. The molecule has 4 atom stereocenters. The topological polar surface area (TPSA) is 74.6 Å². The van der Waals surface area contributed by atoms with Gasteiger partial charge in [-0.25, -0.2) is 4.39 Å². The molecule has 1 aliphatic rings. The summed E-state index contributed by atoms with van der Waals surface area (Å²) in [6.45, 7) is 0. The van der Waals surface area contributed by atoms with Gasteiger partial charge in [0.15, 0.2) is 0 Å². The van der Waals surface area contributed by atoms with Crippen molar-refractivity contribution in [2.45, 2.75) is 70.1 Å². The number of hydrogen-bond donors (Lipinski definition) is 2. The number of thiophene rings is 1. The lowest BCUT2D eigenvalue weighted by Crippen LogP contribution is -2.19. The molecule has 0 saturated heterocycles. The van der Waals surface area contributed by atoms with E-state index in [1.54, 1.807) is 11.3 Å². The number of rotatable bonds is 11. The summed E-state index contributed by atoms with van der Waals surface area (Å²) in [6.07, 6.45) is 3.22. The zero-order valence-corrected chi connectivity index (χ0v) is 17.4. The van der Waals surface area contributed by atoms with Crippen molar-refractivity contribution in [2.24, 2.45) is 11.8 Å². The second-order valence-corrected chi connectivity index (χ2v) is 9.20. The summed E-state index contributed by atoms with van der Waals surface area (Å²) in [6, 6.07) is 9.98. The number of alkyl halides is 1. The van der Waals surface area contributed by atoms with E-state index in [4.69, 9.17) is 5.11 Å². The summed E-state index contributed by atoms with van der Waals surface area (Å²) in [5, 5.41) is 20.4. The molecule has 1 fully saturated rings. The molecule has 0 bridgehead atoms. The summed E-state index contributed by atoms with van der Waals surface area (Å²) >= 11 is 1.56. The number of aliphatic hydroxyl groups is 1. The van der Waals surface area contributed by atoms with Gasteiger partial charge in [-0.15, -0.1) is 11.3 Å². The number of carbonyl (C=O) groups is 2. The summed E-state index contributed by atoms with van der Waals surface area (Å²) in [5.41, 5.74) is 0. The molecule has 158 valence electrons. The Kier molecular flexibility index (Phi) is 7.78. The van der Waals surface area contributed by atoms with Gasteiger partial charge < -0.3 is 10.2 Å². The minimum Gasteiger partial charge on any atom is -0.481 e. The average Bonchev–Trinajstić information content (AvgIpc) is 3.23. The molecule has 6 heteroatoms. The molecule has 1 aromatic carbocycles. The summed E-state index contributed by atoms with van der Waals surface area (Å²) in [7, 11) is 0. The van der Waals surface area contributed by atoms with Gasteiger partial charge in [0.05, 0.1) is 6.10 Å². The van der Waals surface area contributed by atoms with Crippen molar-refractivity contribution in [1.29, 1.82) is 0 Å². The van der Waals surface area contributed by atoms with Crippen LogP contribution in [0.15, 0.2) is 30.3 Å². The van der Waals surface area contributed by atoms with E-state index in [0.717, 1.165) is 34.2 Å². The first-order valence-electron chi connectivity index (χ1n) is 10.5. The highest BCUT2D eigenvalue weighted by atomic mass is 32.1. The van der Waals surface area contributed by atoms with Crippen LogP contribution in [0.25, 0.3) is 10.1 Å². The van der Waals surface area contributed by atoms with Crippen LogP contribution in [0, 0.1) is 11.8 Å². The molecular formula is C23H29FO4S. The van der Waals surface area contributed by atoms with Crippen LogP contribution in [-0.2, 0) is 9.59 Å². The number of unbranched alkanes of at least 4 members (excludes halogenated alkanes) is 3. The maximum absolute atomic E-state index is 14.4. The van der Waals surface area contributed by atoms with Crippen molar-refractivity contribution in [1.82, 2.24) is 0 Å². The van der Waals surface area contributed by atoms with Crippen LogP contribution in [0.5, 0.6) is 0 Å². The fourth-order valence-electron chi connectivity index (χ4n) is 4.40. The van der Waals surface area contributed by atoms with Crippen LogP contribution >= 0.6 is 11.3 Å². The quantitative estimate of drug-likeness (QED) is 0.458. The molecule has 4 nitrogen and oxygen atoms in total. The van der Waals surface area contributed by atoms with Crippen LogP contribution in [0.1, 0.15) is 68.8 Å². The first-order valence-corrected chi connectivity index (χ1v) is 11.3. The van der Waals surface area contributed by atoms with Crippen molar-refractivity contribution in [3.8, 4) is 0 Å². The Balaban J connectivity index is 1.49. The molecule has 1 heterocycles. The third kappa shape index (κ3) is 5.86. The largest absolute Gasteiger partial charge is 0.481 e. The Morgan fingerprint density at radius 1 is 1.17 bits per heavy atom. The lowest BCUT2D eigenvalue weighted by molar-refractivity contribution is -0.137. The summed E-state index contributed by atoms with van der Waals surface area (Å²) < 4.78 is 15.5. The molecule has 1 aromatic heterocycles. The molecule has 0 radical (unpaired) electrons. The molecule has 0 aliphatic heterocycles. The first kappa shape index (κ1) is 21.9. The zero-order chi connectivity index (χ0) is 20.8. The molecule has 1 saturated carbocycles. The predicted octanol–water partition coefficient (Wildman–Crippen LogP) is 5.68. The normalized spacial score (nSPS) is 23.0. The maximum atomic E-state index is 14.4. The van der Waals surface area contributed by atoms with Gasteiger partial charge in [0.2, 0.25) is 0 Å². The van der Waals surface area contributed by atoms with Gasteiger partial charge in [0, 0.05) is 34.3 Å². The minimum atomic E-state index is -1.09. The first-order chi connectivity index (χ1) is 14.0. The number of benzene rings is 1. The number of carbonyl (C=O) groups excluding carboxylic acids is 1. The number of aliphatic hydroxyl groups excluding tert-OH is 1. The third-order valence-electron chi connectivity index (χ3n) is 5.99. The van der Waals surface area contributed by atoms with Crippen molar-refractivity contribution >= 4 is 33.2 Å². The number of carboxylic acids is 1. The van der Waals surface area contributed by atoms with Gasteiger partial charge >= 0.3 is 5.97 Å². The van der Waals surface area contributed by atoms with Gasteiger partial charge in [-0.1, -0.05) is 37.5 Å². The predicted molar refractivity (Wildman–Crippen MR) is 113 cm³/mol. The van der Waals surface area contributed by atoms with Crippen molar-refractivity contribution < 1.29 is 24.2 Å². The SMILES string of the molecule is O=C(O)CCCCCCC1C(F)CC(=O)C1CCC(O)c1cc2ccccc2s1. The van der Waals surface area contributed by atoms with Crippen molar-refractivity contribution in [3.63, 3.8) is 0 Å². The number of hydrogen-bond acceptors (Lipinski definition) is 4. The lowest BCUT2D eigenvalue weighted by atomic mass is 9.85. The van der Waals surface area contributed by atoms with Gasteiger partial charge in [-0.2, -0.15) is 0 Å². The molecule has 3 rings (SSSR count). The second kappa shape index (κ2) is 10.3. The number of fused-ring (bicyclic) bond motifs is 1. The lowest BCUT2D eigenvalue weighted by Gasteiger charge is -2.21. The number of Topliss-reactive ketones (excluding diaryl/α,β-unsaturated/α-hetero) is 1. The maximum Gasteiger partial charge on any atom is 0.303 e. The highest BCUT2D eigenvalue weighted by Gasteiger charge is 2.41.